The molecule has 6 aliphatic heterocycles. The molecular weight excluding hydrogens is 1500 g/mol. The minimum Gasteiger partial charge on any atom is -0.458 e. The summed E-state index contributed by atoms with van der Waals surface area (Å²) >= 11 is 0. The van der Waals surface area contributed by atoms with Crippen LogP contribution in [0.1, 0.15) is 33.4 Å². The van der Waals surface area contributed by atoms with E-state index in [0.29, 0.717) is 0 Å². The van der Waals surface area contributed by atoms with Crippen molar-refractivity contribution in [1.29, 1.82) is 0 Å². The SMILES string of the molecule is Cc1ccccc1-c1ccc2c(c1)B1c3cccc(-c4ccccc4)c3Oc3cc(-c4ccccc4)cc(c31)O2.Cc1ccccc1-c1ccc2c(c1)Oc1cc(-c3ccccc3C)cc3c1B2c1cc(-c2ccccc2)ccc1O3.Cc1ccccc1-c1ccc2c(c1)Oc1cc(-c3ccccc3C)cc3c1B2c1cc(-c2ccccc2C)ccc1O3. The first-order chi connectivity index (χ1) is 60.4. The van der Waals surface area contributed by atoms with Crippen molar-refractivity contribution in [1.82, 2.24) is 0 Å². The van der Waals surface area contributed by atoms with Gasteiger partial charge in [0.2, 0.25) is 0 Å². The maximum atomic E-state index is 6.84. The Kier molecular flexibility index (Phi) is 18.5. The maximum Gasteiger partial charge on any atom is 0.260 e. The van der Waals surface area contributed by atoms with Crippen molar-refractivity contribution >= 4 is 69.3 Å². The summed E-state index contributed by atoms with van der Waals surface area (Å²) in [5.41, 5.74) is 38.7. The average Bonchev–Trinajstić information content (AvgIpc) is 0.728. The normalized spacial score (nSPS) is 12.5. The van der Waals surface area contributed by atoms with Gasteiger partial charge in [-0.25, -0.2) is 0 Å². The lowest BCUT2D eigenvalue weighted by atomic mass is 9.34. The van der Waals surface area contributed by atoms with Gasteiger partial charge in [-0.2, -0.15) is 0 Å². The largest absolute Gasteiger partial charge is 0.458 e. The Bertz CT molecular complexity index is 7300. The van der Waals surface area contributed by atoms with Crippen molar-refractivity contribution in [2.75, 3.05) is 0 Å². The Hall–Kier alpha value is -15.0. The first-order valence-electron chi connectivity index (χ1n) is 42.4. The van der Waals surface area contributed by atoms with E-state index in [1.807, 2.05) is 6.07 Å². The zero-order chi connectivity index (χ0) is 82.5. The Morgan fingerprint density at radius 2 is 0.407 bits per heavy atom. The van der Waals surface area contributed by atoms with E-state index in [9.17, 15) is 0 Å². The molecule has 0 saturated carbocycles. The van der Waals surface area contributed by atoms with Crippen LogP contribution < -0.4 is 77.6 Å². The van der Waals surface area contributed by atoms with E-state index in [0.717, 1.165) is 157 Å². The fourth-order valence-corrected chi connectivity index (χ4v) is 19.3. The van der Waals surface area contributed by atoms with Gasteiger partial charge in [-0.3, -0.25) is 0 Å². The van der Waals surface area contributed by atoms with Gasteiger partial charge in [0.15, 0.2) is 0 Å². The molecule has 0 bridgehead atoms. The summed E-state index contributed by atoms with van der Waals surface area (Å²) in [6.07, 6.45) is 0. The molecule has 0 aliphatic carbocycles. The standard InChI is InChI=1S/C39H29BO2.C38H27BO2.C37H25BO2/c1-24-10-4-7-13-30(24)27-17-19-35-34(20-27)40-33-18-16-28(31-14-8-5-11-25(31)2)21-36(33)42-38-23-29(22-37(41-35)39(38)40)32-15-9-6-12-26(32)3;1-24-10-6-8-14-30(24)28-16-18-32-35(21-28)41-37-23-29(31-15-9-7-11-25(31)2)22-36-38(37)39(32)33-20-27(17-19-34(33)40-36)26-12-4-3-5-13-26;1-24-11-8-9-16-29(24)27-19-20-33-32(21-27)38-31-18-10-17-30(26-14-6-3-7-15-26)37(31)40-35-23-28(22-34(39-33)36(35)38)25-12-4-2-5-13-25/h4-23H,1-3H3;3-23H,1-2H3;2-23H,1H3. The van der Waals surface area contributed by atoms with Crippen LogP contribution in [0.25, 0.3) is 100 Å². The molecule has 6 heterocycles. The zero-order valence-corrected chi connectivity index (χ0v) is 69.1. The molecule has 6 nitrogen and oxygen atoms in total. The van der Waals surface area contributed by atoms with Crippen molar-refractivity contribution < 1.29 is 28.4 Å². The summed E-state index contributed by atoms with van der Waals surface area (Å²) < 4.78 is 40.4. The fourth-order valence-electron chi connectivity index (χ4n) is 19.3. The number of ether oxygens (including phenoxy) is 6. The van der Waals surface area contributed by atoms with Gasteiger partial charge in [0.05, 0.1) is 0 Å². The van der Waals surface area contributed by atoms with Crippen LogP contribution in [0.4, 0.5) is 0 Å². The Morgan fingerprint density at radius 3 is 0.780 bits per heavy atom. The molecule has 123 heavy (non-hydrogen) atoms. The lowest BCUT2D eigenvalue weighted by Crippen LogP contribution is -2.57. The molecule has 582 valence electrons. The van der Waals surface area contributed by atoms with Gasteiger partial charge in [0.1, 0.15) is 69.0 Å². The van der Waals surface area contributed by atoms with Gasteiger partial charge in [-0.15, -0.1) is 0 Å². The van der Waals surface area contributed by atoms with Crippen molar-refractivity contribution in [2.45, 2.75) is 41.5 Å². The van der Waals surface area contributed by atoms with Crippen LogP contribution in [-0.4, -0.2) is 20.1 Å². The Morgan fingerprint density at radius 1 is 0.146 bits per heavy atom. The second kappa shape index (κ2) is 30.6. The lowest BCUT2D eigenvalue weighted by Gasteiger charge is -2.34. The molecule has 0 saturated heterocycles. The predicted octanol–water partition coefficient (Wildman–Crippen LogP) is 24.1. The molecule has 6 aliphatic rings. The van der Waals surface area contributed by atoms with Crippen LogP contribution in [0.15, 0.2) is 382 Å². The summed E-state index contributed by atoms with van der Waals surface area (Å²) in [7, 11) is 0. The van der Waals surface area contributed by atoms with E-state index in [1.54, 1.807) is 0 Å². The molecule has 9 heteroatoms. The predicted molar refractivity (Wildman–Crippen MR) is 510 cm³/mol. The molecule has 18 aromatic rings. The van der Waals surface area contributed by atoms with Crippen LogP contribution in [0, 0.1) is 41.5 Å². The third-order valence-electron chi connectivity index (χ3n) is 25.5. The van der Waals surface area contributed by atoms with E-state index in [-0.39, 0.29) is 20.1 Å². The van der Waals surface area contributed by atoms with E-state index in [4.69, 9.17) is 28.4 Å². The second-order valence-electron chi connectivity index (χ2n) is 33.0. The van der Waals surface area contributed by atoms with Crippen molar-refractivity contribution in [3.8, 4) is 169 Å². The highest BCUT2D eigenvalue weighted by Crippen LogP contribution is 2.47. The highest BCUT2D eigenvalue weighted by Gasteiger charge is 2.45. The highest BCUT2D eigenvalue weighted by atomic mass is 16.5. The molecule has 18 aromatic carbocycles. The number of rotatable bonds is 9. The third-order valence-corrected chi connectivity index (χ3v) is 25.5. The quantitative estimate of drug-likeness (QED) is 0.134. The lowest BCUT2D eigenvalue weighted by molar-refractivity contribution is 0.464. The van der Waals surface area contributed by atoms with Gasteiger partial charge in [0, 0.05) is 22.0 Å². The monoisotopic (exact) mass is 1580 g/mol. The van der Waals surface area contributed by atoms with Crippen LogP contribution in [0.3, 0.4) is 0 Å². The summed E-state index contributed by atoms with van der Waals surface area (Å²) in [6, 6.07) is 135. The number of fused-ring (bicyclic) bond motifs is 12. The summed E-state index contributed by atoms with van der Waals surface area (Å²) in [6.45, 7) is 13.0. The van der Waals surface area contributed by atoms with Crippen molar-refractivity contribution in [2.24, 2.45) is 0 Å². The molecule has 0 spiro atoms. The van der Waals surface area contributed by atoms with Gasteiger partial charge >= 0.3 is 0 Å². The topological polar surface area (TPSA) is 55.4 Å². The van der Waals surface area contributed by atoms with Gasteiger partial charge < -0.3 is 28.4 Å². The van der Waals surface area contributed by atoms with Gasteiger partial charge in [-0.05, 0) is 269 Å². The van der Waals surface area contributed by atoms with E-state index in [2.05, 4.69) is 418 Å². The van der Waals surface area contributed by atoms with E-state index < -0.39 is 0 Å². The third kappa shape index (κ3) is 13.3. The summed E-state index contributed by atoms with van der Waals surface area (Å²) in [5, 5.41) is 0. The van der Waals surface area contributed by atoms with Crippen LogP contribution in [0.5, 0.6) is 69.0 Å². The first-order valence-corrected chi connectivity index (χ1v) is 42.4. The fraction of sp³-hybridized carbons (Fsp3) is 0.0526. The molecule has 0 amide bonds. The second-order valence-corrected chi connectivity index (χ2v) is 33.0. The molecule has 0 unspecified atom stereocenters. The smallest absolute Gasteiger partial charge is 0.260 e. The van der Waals surface area contributed by atoms with Gasteiger partial charge in [-0.1, -0.05) is 315 Å². The Balaban J connectivity index is 0.000000110. The molecule has 0 atom stereocenters. The van der Waals surface area contributed by atoms with E-state index in [1.165, 1.54) is 94.5 Å². The number of hydrogen-bond donors (Lipinski definition) is 0. The average molecular weight is 1580 g/mol. The van der Waals surface area contributed by atoms with Crippen LogP contribution in [-0.2, 0) is 0 Å². The summed E-state index contributed by atoms with van der Waals surface area (Å²) in [4.78, 5) is 0. The Labute approximate surface area is 719 Å². The first kappa shape index (κ1) is 74.3. The number of para-hydroxylation sites is 1. The zero-order valence-electron chi connectivity index (χ0n) is 69.1. The molecule has 0 N–H and O–H groups in total. The number of hydrogen-bond acceptors (Lipinski definition) is 6. The highest BCUT2D eigenvalue weighted by molar-refractivity contribution is 6.99. The molecular formula is C114H81B3O6. The minimum atomic E-state index is -0.00467. The van der Waals surface area contributed by atoms with Crippen molar-refractivity contribution in [3.05, 3.63) is 416 Å². The summed E-state index contributed by atoms with van der Waals surface area (Å²) in [5.74, 6) is 10.5. The number of benzene rings is 18. The number of aryl methyl sites for hydroxylation is 6. The molecule has 0 radical (unpaired) electrons. The van der Waals surface area contributed by atoms with Crippen molar-refractivity contribution in [3.63, 3.8) is 0 Å². The van der Waals surface area contributed by atoms with E-state index >= 15 is 0 Å². The molecule has 24 rings (SSSR count). The van der Waals surface area contributed by atoms with Crippen LogP contribution >= 0.6 is 0 Å². The van der Waals surface area contributed by atoms with Gasteiger partial charge in [0.25, 0.3) is 20.1 Å². The molecule has 0 fully saturated rings. The molecule has 0 aromatic heterocycles. The minimum absolute atomic E-state index is 0.00306. The van der Waals surface area contributed by atoms with Crippen LogP contribution in [0.2, 0.25) is 0 Å². The maximum absolute atomic E-state index is 6.84.